The molecule has 0 bridgehead atoms. The third-order valence-electron chi connectivity index (χ3n) is 4.35. The van der Waals surface area contributed by atoms with Gasteiger partial charge >= 0.3 is 0 Å². The third-order valence-corrected chi connectivity index (χ3v) is 4.35. The molecule has 0 spiro atoms. The number of nitrogens with one attached hydrogen (secondary N) is 1. The summed E-state index contributed by atoms with van der Waals surface area (Å²) in [6.07, 6.45) is 3.14. The zero-order valence-corrected chi connectivity index (χ0v) is 12.8. The highest BCUT2D eigenvalue weighted by Crippen LogP contribution is 2.26. The molecule has 1 N–H and O–H groups in total. The quantitative estimate of drug-likeness (QED) is 0.916. The van der Waals surface area contributed by atoms with Crippen LogP contribution in [0.25, 0.3) is 10.8 Å². The first kappa shape index (κ1) is 14.1. The molecule has 1 saturated heterocycles. The maximum atomic E-state index is 5.28. The van der Waals surface area contributed by atoms with E-state index in [0.29, 0.717) is 0 Å². The monoisotopic (exact) mass is 285 g/mol. The van der Waals surface area contributed by atoms with Crippen LogP contribution in [0.3, 0.4) is 0 Å². The normalized spacial score (nSPS) is 19.0. The maximum Gasteiger partial charge on any atom is 0.133 e. The molecule has 0 amide bonds. The van der Waals surface area contributed by atoms with Crippen LogP contribution in [0, 0.1) is 5.92 Å². The molecular weight excluding hydrogens is 262 g/mol. The zero-order chi connectivity index (χ0) is 14.7. The number of nitrogens with zero attached hydrogens (tertiary/aromatic N) is 2. The first-order valence-corrected chi connectivity index (χ1v) is 7.69. The molecule has 1 unspecified atom stereocenters. The fourth-order valence-corrected chi connectivity index (χ4v) is 3.03. The van der Waals surface area contributed by atoms with Gasteiger partial charge in [0, 0.05) is 24.7 Å². The standard InChI is InChI=1S/C17H23N3O/c1-3-20-9-7-13(12-20)11-19-17-16-5-4-15(21-2)10-14(16)6-8-18-17/h4-6,8,10,13H,3,7,9,11-12H2,1-2H3,(H,18,19). The molecule has 0 saturated carbocycles. The topological polar surface area (TPSA) is 37.4 Å². The Hall–Kier alpha value is -1.81. The molecule has 2 heterocycles. The van der Waals surface area contributed by atoms with Gasteiger partial charge in [-0.05, 0) is 55.1 Å². The number of fused-ring (bicyclic) bond motifs is 1. The van der Waals surface area contributed by atoms with Crippen LogP contribution in [0.5, 0.6) is 5.75 Å². The predicted octanol–water partition coefficient (Wildman–Crippen LogP) is 3.00. The zero-order valence-electron chi connectivity index (χ0n) is 12.8. The van der Waals surface area contributed by atoms with E-state index in [1.807, 2.05) is 18.3 Å². The SMILES string of the molecule is CCN1CCC(CNc2nccc3cc(OC)ccc23)C1. The van der Waals surface area contributed by atoms with Crippen molar-refractivity contribution in [1.29, 1.82) is 0 Å². The summed E-state index contributed by atoms with van der Waals surface area (Å²) in [5, 5.41) is 5.85. The molecule has 3 rings (SSSR count). The largest absolute Gasteiger partial charge is 0.497 e. The summed E-state index contributed by atoms with van der Waals surface area (Å²) in [5.41, 5.74) is 0. The van der Waals surface area contributed by atoms with Crippen molar-refractivity contribution in [2.45, 2.75) is 13.3 Å². The smallest absolute Gasteiger partial charge is 0.133 e. The summed E-state index contributed by atoms with van der Waals surface area (Å²) in [7, 11) is 1.70. The Labute approximate surface area is 126 Å². The number of aromatic nitrogens is 1. The van der Waals surface area contributed by atoms with E-state index < -0.39 is 0 Å². The van der Waals surface area contributed by atoms with Crippen LogP contribution >= 0.6 is 0 Å². The number of rotatable bonds is 5. The van der Waals surface area contributed by atoms with Crippen molar-refractivity contribution < 1.29 is 4.74 Å². The molecule has 21 heavy (non-hydrogen) atoms. The van der Waals surface area contributed by atoms with Crippen LogP contribution in [0.2, 0.25) is 0 Å². The number of benzene rings is 1. The second-order valence-corrected chi connectivity index (χ2v) is 5.68. The second kappa shape index (κ2) is 6.31. The van der Waals surface area contributed by atoms with Crippen LogP contribution in [0.1, 0.15) is 13.3 Å². The fourth-order valence-electron chi connectivity index (χ4n) is 3.03. The van der Waals surface area contributed by atoms with Crippen molar-refractivity contribution in [2.75, 3.05) is 38.6 Å². The molecule has 1 aromatic carbocycles. The van der Waals surface area contributed by atoms with E-state index in [0.717, 1.165) is 41.3 Å². The minimum atomic E-state index is 0.722. The average molecular weight is 285 g/mol. The van der Waals surface area contributed by atoms with Crippen molar-refractivity contribution in [2.24, 2.45) is 5.92 Å². The van der Waals surface area contributed by atoms with Gasteiger partial charge in [-0.15, -0.1) is 0 Å². The highest BCUT2D eigenvalue weighted by atomic mass is 16.5. The molecular formula is C17H23N3O. The summed E-state index contributed by atoms with van der Waals surface area (Å²) in [5.74, 6) is 2.58. The summed E-state index contributed by atoms with van der Waals surface area (Å²) in [6, 6.07) is 8.15. The van der Waals surface area contributed by atoms with Gasteiger partial charge in [-0.3, -0.25) is 0 Å². The van der Waals surface area contributed by atoms with Crippen molar-refractivity contribution in [1.82, 2.24) is 9.88 Å². The van der Waals surface area contributed by atoms with Crippen molar-refractivity contribution in [3.8, 4) is 5.75 Å². The van der Waals surface area contributed by atoms with Crippen LogP contribution in [0.15, 0.2) is 30.5 Å². The average Bonchev–Trinajstić information content (AvgIpc) is 3.00. The molecule has 4 heteroatoms. The fraction of sp³-hybridized carbons (Fsp3) is 0.471. The molecule has 0 radical (unpaired) electrons. The Kier molecular flexibility index (Phi) is 4.25. The molecule has 1 aliphatic heterocycles. The van der Waals surface area contributed by atoms with Crippen molar-refractivity contribution in [3.05, 3.63) is 30.5 Å². The lowest BCUT2D eigenvalue weighted by Crippen LogP contribution is -2.22. The minimum absolute atomic E-state index is 0.722. The van der Waals surface area contributed by atoms with Crippen LogP contribution < -0.4 is 10.1 Å². The molecule has 0 aliphatic carbocycles. The first-order valence-electron chi connectivity index (χ1n) is 7.69. The summed E-state index contributed by atoms with van der Waals surface area (Å²) in [4.78, 5) is 7.00. The van der Waals surface area contributed by atoms with Gasteiger partial charge in [0.25, 0.3) is 0 Å². The van der Waals surface area contributed by atoms with E-state index in [4.69, 9.17) is 4.74 Å². The molecule has 2 aromatic rings. The lowest BCUT2D eigenvalue weighted by atomic mass is 10.1. The second-order valence-electron chi connectivity index (χ2n) is 5.68. The molecule has 1 aromatic heterocycles. The highest BCUT2D eigenvalue weighted by molar-refractivity contribution is 5.92. The van der Waals surface area contributed by atoms with Crippen molar-refractivity contribution in [3.63, 3.8) is 0 Å². The Morgan fingerprint density at radius 1 is 1.38 bits per heavy atom. The van der Waals surface area contributed by atoms with Crippen LogP contribution in [-0.4, -0.2) is 43.2 Å². The van der Waals surface area contributed by atoms with E-state index in [1.165, 1.54) is 19.5 Å². The van der Waals surface area contributed by atoms with E-state index >= 15 is 0 Å². The predicted molar refractivity (Wildman–Crippen MR) is 87.0 cm³/mol. The first-order chi connectivity index (χ1) is 10.3. The van der Waals surface area contributed by atoms with Crippen molar-refractivity contribution >= 4 is 16.6 Å². The maximum absolute atomic E-state index is 5.28. The highest BCUT2D eigenvalue weighted by Gasteiger charge is 2.20. The number of methoxy groups -OCH3 is 1. The van der Waals surface area contributed by atoms with E-state index in [9.17, 15) is 0 Å². The number of pyridine rings is 1. The van der Waals surface area contributed by atoms with E-state index in [2.05, 4.69) is 34.3 Å². The molecule has 1 fully saturated rings. The molecule has 4 nitrogen and oxygen atoms in total. The Morgan fingerprint density at radius 3 is 3.05 bits per heavy atom. The number of anilines is 1. The summed E-state index contributed by atoms with van der Waals surface area (Å²) < 4.78 is 5.28. The van der Waals surface area contributed by atoms with E-state index in [-0.39, 0.29) is 0 Å². The van der Waals surface area contributed by atoms with Crippen LogP contribution in [0.4, 0.5) is 5.82 Å². The number of likely N-dealkylation sites (tertiary alicyclic amines) is 1. The summed E-state index contributed by atoms with van der Waals surface area (Å²) in [6.45, 7) is 6.80. The number of hydrogen-bond acceptors (Lipinski definition) is 4. The lowest BCUT2D eigenvalue weighted by molar-refractivity contribution is 0.345. The van der Waals surface area contributed by atoms with Gasteiger partial charge < -0.3 is 15.0 Å². The minimum Gasteiger partial charge on any atom is -0.497 e. The van der Waals surface area contributed by atoms with Gasteiger partial charge in [0.05, 0.1) is 7.11 Å². The Balaban J connectivity index is 1.72. The van der Waals surface area contributed by atoms with E-state index in [1.54, 1.807) is 7.11 Å². The van der Waals surface area contributed by atoms with Gasteiger partial charge in [-0.1, -0.05) is 6.92 Å². The number of hydrogen-bond donors (Lipinski definition) is 1. The molecule has 1 aliphatic rings. The van der Waals surface area contributed by atoms with Gasteiger partial charge in [-0.2, -0.15) is 0 Å². The Bertz CT molecular complexity index is 614. The summed E-state index contributed by atoms with van der Waals surface area (Å²) >= 11 is 0. The molecule has 1 atom stereocenters. The lowest BCUT2D eigenvalue weighted by Gasteiger charge is -2.15. The third kappa shape index (κ3) is 3.10. The Morgan fingerprint density at radius 2 is 2.29 bits per heavy atom. The van der Waals surface area contributed by atoms with Gasteiger partial charge in [0.1, 0.15) is 11.6 Å². The van der Waals surface area contributed by atoms with Crippen LogP contribution in [-0.2, 0) is 0 Å². The number of ether oxygens (including phenoxy) is 1. The van der Waals surface area contributed by atoms with Gasteiger partial charge in [0.2, 0.25) is 0 Å². The molecule has 112 valence electrons. The van der Waals surface area contributed by atoms with Gasteiger partial charge in [0.15, 0.2) is 0 Å². The van der Waals surface area contributed by atoms with Gasteiger partial charge in [-0.25, -0.2) is 4.98 Å².